The monoisotopic (exact) mass is 471 g/mol. The van der Waals surface area contributed by atoms with E-state index >= 15 is 0 Å². The molecule has 9 heteroatoms. The number of sulfonamides is 1. The first-order valence-electron chi connectivity index (χ1n) is 10.2. The maximum Gasteiger partial charge on any atom is 0.255 e. The Kier molecular flexibility index (Phi) is 6.22. The predicted octanol–water partition coefficient (Wildman–Crippen LogP) is 3.60. The van der Waals surface area contributed by atoms with E-state index in [1.165, 1.54) is 12.3 Å². The third-order valence-electron chi connectivity index (χ3n) is 5.14. The van der Waals surface area contributed by atoms with Gasteiger partial charge in [-0.15, -0.1) is 0 Å². The van der Waals surface area contributed by atoms with Gasteiger partial charge >= 0.3 is 0 Å². The number of primary sulfonamides is 1. The van der Waals surface area contributed by atoms with Crippen molar-refractivity contribution in [2.24, 2.45) is 10.9 Å². The Bertz CT molecular complexity index is 1500. The summed E-state index contributed by atoms with van der Waals surface area (Å²) >= 11 is 0. The Morgan fingerprint density at radius 2 is 1.59 bits per heavy atom. The van der Waals surface area contributed by atoms with Crippen molar-refractivity contribution in [1.29, 1.82) is 5.41 Å². The molecule has 1 amide bonds. The molecule has 0 aliphatic rings. The number of nitrogens with zero attached hydrogens (tertiary/aromatic N) is 1. The fraction of sp³-hybridized carbons (Fsp3) is 0. The number of amides is 1. The van der Waals surface area contributed by atoms with Crippen molar-refractivity contribution in [3.63, 3.8) is 0 Å². The van der Waals surface area contributed by atoms with Crippen molar-refractivity contribution < 1.29 is 13.2 Å². The molecule has 0 saturated carbocycles. The molecule has 4 rings (SSSR count). The average molecular weight is 472 g/mol. The van der Waals surface area contributed by atoms with Crippen LogP contribution >= 0.6 is 0 Å². The van der Waals surface area contributed by atoms with Crippen LogP contribution in [0.25, 0.3) is 22.4 Å². The van der Waals surface area contributed by atoms with E-state index in [2.05, 4.69) is 10.3 Å². The summed E-state index contributed by atoms with van der Waals surface area (Å²) in [6.07, 6.45) is 1.54. The number of carbonyl (C=O) groups excluding carboxylic acids is 1. The molecule has 1 heterocycles. The molecule has 0 unspecified atom stereocenters. The normalized spacial score (nSPS) is 11.1. The second kappa shape index (κ2) is 9.26. The van der Waals surface area contributed by atoms with Crippen LogP contribution in [-0.2, 0) is 10.0 Å². The quantitative estimate of drug-likeness (QED) is 0.250. The van der Waals surface area contributed by atoms with E-state index in [1.54, 1.807) is 72.8 Å². The minimum Gasteiger partial charge on any atom is -0.384 e. The van der Waals surface area contributed by atoms with Crippen molar-refractivity contribution in [2.45, 2.75) is 4.90 Å². The van der Waals surface area contributed by atoms with E-state index in [9.17, 15) is 13.2 Å². The smallest absolute Gasteiger partial charge is 0.255 e. The first-order chi connectivity index (χ1) is 16.2. The van der Waals surface area contributed by atoms with Gasteiger partial charge in [0, 0.05) is 34.1 Å². The molecule has 0 saturated heterocycles. The minimum atomic E-state index is -3.88. The number of nitrogens with two attached hydrogens (primary N) is 2. The number of aromatic nitrogens is 1. The Morgan fingerprint density at radius 1 is 0.853 bits per heavy atom. The molecule has 1 aromatic heterocycles. The summed E-state index contributed by atoms with van der Waals surface area (Å²) in [4.78, 5) is 17.2. The van der Waals surface area contributed by atoms with E-state index < -0.39 is 10.0 Å². The number of nitrogen functional groups attached to an aromatic ring is 1. The van der Waals surface area contributed by atoms with E-state index in [0.29, 0.717) is 33.6 Å². The van der Waals surface area contributed by atoms with Crippen molar-refractivity contribution in [3.8, 4) is 22.4 Å². The van der Waals surface area contributed by atoms with Crippen LogP contribution < -0.4 is 16.2 Å². The van der Waals surface area contributed by atoms with Gasteiger partial charge in [-0.3, -0.25) is 15.2 Å². The van der Waals surface area contributed by atoms with Crippen LogP contribution in [0, 0.1) is 5.41 Å². The Labute approximate surface area is 196 Å². The summed E-state index contributed by atoms with van der Waals surface area (Å²) in [5.74, 6) is -0.380. The first-order valence-corrected chi connectivity index (χ1v) is 11.7. The van der Waals surface area contributed by atoms with Crippen LogP contribution in [0.2, 0.25) is 0 Å². The molecule has 6 N–H and O–H groups in total. The number of pyridine rings is 1. The summed E-state index contributed by atoms with van der Waals surface area (Å²) < 4.78 is 23.8. The lowest BCUT2D eigenvalue weighted by Gasteiger charge is -2.10. The number of hydrogen-bond acceptors (Lipinski definition) is 5. The molecular formula is C25H21N5O3S. The highest BCUT2D eigenvalue weighted by atomic mass is 32.2. The highest BCUT2D eigenvalue weighted by molar-refractivity contribution is 7.89. The Hall–Kier alpha value is -4.34. The number of benzene rings is 3. The Morgan fingerprint density at radius 3 is 2.29 bits per heavy atom. The molecule has 8 nitrogen and oxygen atoms in total. The zero-order chi connectivity index (χ0) is 24.3. The molecule has 0 aliphatic carbocycles. The third kappa shape index (κ3) is 5.01. The molecule has 0 bridgehead atoms. The van der Waals surface area contributed by atoms with Gasteiger partial charge in [0.25, 0.3) is 5.91 Å². The lowest BCUT2D eigenvalue weighted by molar-refractivity contribution is 0.102. The molecule has 0 fully saturated rings. The number of carbonyl (C=O) groups is 1. The number of nitrogens with one attached hydrogen (secondary N) is 2. The average Bonchev–Trinajstić information content (AvgIpc) is 2.84. The standard InChI is InChI=1S/C25H21N5O3S/c26-24(27)18-5-3-4-17(14-18)22-15-19(12-13-29-22)25(31)30-20-10-8-16(9-11-20)21-6-1-2-7-23(21)34(28,32)33/h1-15H,(H3,26,27)(H,30,31)(H2,28,32,33). The van der Waals surface area contributed by atoms with E-state index in [4.69, 9.17) is 16.3 Å². The van der Waals surface area contributed by atoms with E-state index in [0.717, 1.165) is 5.56 Å². The van der Waals surface area contributed by atoms with Crippen molar-refractivity contribution >= 4 is 27.5 Å². The molecule has 170 valence electrons. The minimum absolute atomic E-state index is 0.0324. The fourth-order valence-electron chi connectivity index (χ4n) is 3.47. The molecule has 0 aliphatic heterocycles. The fourth-order valence-corrected chi connectivity index (χ4v) is 4.23. The molecule has 0 spiro atoms. The van der Waals surface area contributed by atoms with Gasteiger partial charge in [-0.25, -0.2) is 13.6 Å². The Balaban J connectivity index is 1.55. The van der Waals surface area contributed by atoms with Crippen LogP contribution in [0.3, 0.4) is 0 Å². The van der Waals surface area contributed by atoms with E-state index in [-0.39, 0.29) is 16.6 Å². The predicted molar refractivity (Wildman–Crippen MR) is 132 cm³/mol. The number of rotatable bonds is 6. The van der Waals surface area contributed by atoms with Crippen LogP contribution in [-0.4, -0.2) is 25.1 Å². The van der Waals surface area contributed by atoms with Gasteiger partial charge in [-0.2, -0.15) is 0 Å². The number of anilines is 1. The largest absolute Gasteiger partial charge is 0.384 e. The first kappa shape index (κ1) is 22.8. The maximum atomic E-state index is 12.8. The van der Waals surface area contributed by atoms with Gasteiger partial charge < -0.3 is 11.1 Å². The zero-order valence-corrected chi connectivity index (χ0v) is 18.7. The van der Waals surface area contributed by atoms with Crippen LogP contribution in [0.1, 0.15) is 15.9 Å². The van der Waals surface area contributed by atoms with Crippen LogP contribution in [0.5, 0.6) is 0 Å². The SMILES string of the molecule is N=C(N)c1cccc(-c2cc(C(=O)Nc3ccc(-c4ccccc4S(N)(=O)=O)cc3)ccn2)c1. The summed E-state index contributed by atoms with van der Waals surface area (Å²) in [6, 6.07) is 23.6. The van der Waals surface area contributed by atoms with Gasteiger partial charge in [-0.1, -0.05) is 48.5 Å². The van der Waals surface area contributed by atoms with Crippen LogP contribution in [0.15, 0.2) is 96.0 Å². The number of hydrogen-bond donors (Lipinski definition) is 4. The van der Waals surface area contributed by atoms with Crippen LogP contribution in [0.4, 0.5) is 5.69 Å². The summed E-state index contributed by atoms with van der Waals surface area (Å²) in [7, 11) is -3.88. The molecule has 0 radical (unpaired) electrons. The summed E-state index contributed by atoms with van der Waals surface area (Å²) in [6.45, 7) is 0. The maximum absolute atomic E-state index is 12.8. The second-order valence-corrected chi connectivity index (χ2v) is 9.03. The zero-order valence-electron chi connectivity index (χ0n) is 17.9. The van der Waals surface area contributed by atoms with Crippen molar-refractivity contribution in [2.75, 3.05) is 5.32 Å². The molecule has 34 heavy (non-hydrogen) atoms. The van der Waals surface area contributed by atoms with E-state index in [1.807, 2.05) is 6.07 Å². The molecule has 3 aromatic carbocycles. The van der Waals surface area contributed by atoms with Crippen molar-refractivity contribution in [3.05, 3.63) is 102 Å². The highest BCUT2D eigenvalue weighted by Gasteiger charge is 2.15. The molecule has 0 atom stereocenters. The van der Waals surface area contributed by atoms with Gasteiger partial charge in [0.2, 0.25) is 10.0 Å². The lowest BCUT2D eigenvalue weighted by atomic mass is 10.0. The topological polar surface area (TPSA) is 152 Å². The second-order valence-electron chi connectivity index (χ2n) is 7.50. The summed E-state index contributed by atoms with van der Waals surface area (Å²) in [5.41, 5.74) is 9.52. The molecule has 4 aromatic rings. The van der Waals surface area contributed by atoms with Gasteiger partial charge in [0.1, 0.15) is 5.84 Å². The third-order valence-corrected chi connectivity index (χ3v) is 6.11. The molecular weight excluding hydrogens is 450 g/mol. The van der Waals surface area contributed by atoms with Gasteiger partial charge in [0.15, 0.2) is 0 Å². The number of amidine groups is 1. The van der Waals surface area contributed by atoms with Crippen molar-refractivity contribution in [1.82, 2.24) is 4.98 Å². The van der Waals surface area contributed by atoms with Gasteiger partial charge in [-0.05, 0) is 42.0 Å². The summed E-state index contributed by atoms with van der Waals surface area (Å²) in [5, 5.41) is 15.8. The highest BCUT2D eigenvalue weighted by Crippen LogP contribution is 2.28. The van der Waals surface area contributed by atoms with Gasteiger partial charge in [0.05, 0.1) is 10.6 Å². The lowest BCUT2D eigenvalue weighted by Crippen LogP contribution is -2.13.